The molecule has 0 aliphatic carbocycles. The second kappa shape index (κ2) is 21.6. The number of aliphatic carboxylic acids is 1. The quantitative estimate of drug-likeness (QED) is 0.0772. The van der Waals surface area contributed by atoms with Crippen LogP contribution in [-0.2, 0) is 36.8 Å². The van der Waals surface area contributed by atoms with Crippen molar-refractivity contribution in [2.24, 2.45) is 11.7 Å². The first kappa shape index (κ1) is 43.4. The summed E-state index contributed by atoms with van der Waals surface area (Å²) in [5.41, 5.74) is 7.07. The van der Waals surface area contributed by atoms with Gasteiger partial charge in [0.05, 0.1) is 6.61 Å². The van der Waals surface area contributed by atoms with Crippen LogP contribution in [0.15, 0.2) is 48.5 Å². The van der Waals surface area contributed by atoms with E-state index in [2.05, 4.69) is 22.9 Å². The molecule has 0 heterocycles. The van der Waals surface area contributed by atoms with E-state index >= 15 is 0 Å². The third-order valence-electron chi connectivity index (χ3n) is 8.84. The molecule has 288 valence electrons. The molecule has 0 aliphatic rings. The van der Waals surface area contributed by atoms with E-state index in [-0.39, 0.29) is 24.3 Å². The zero-order valence-corrected chi connectivity index (χ0v) is 30.3. The normalized spacial score (nSPS) is 14.7. The van der Waals surface area contributed by atoms with E-state index in [4.69, 9.17) is 5.73 Å². The van der Waals surface area contributed by atoms with Crippen LogP contribution in [0.25, 0.3) is 0 Å². The van der Waals surface area contributed by atoms with Crippen molar-refractivity contribution in [1.82, 2.24) is 20.9 Å². The lowest BCUT2D eigenvalue weighted by atomic mass is 9.98. The van der Waals surface area contributed by atoms with Crippen LogP contribution in [0.1, 0.15) is 70.4 Å². The minimum atomic E-state index is -1.63. The Morgan fingerprint density at radius 2 is 1.27 bits per heavy atom. The number of amides is 4. The molecular weight excluding hydrogens is 674 g/mol. The van der Waals surface area contributed by atoms with Gasteiger partial charge in [0.2, 0.25) is 17.7 Å². The Hall–Kier alpha value is -4.73. The largest absolute Gasteiger partial charge is 0.508 e. The van der Waals surface area contributed by atoms with E-state index in [0.29, 0.717) is 24.0 Å². The number of nitrogens with zero attached hydrogens (tertiary/aromatic N) is 1. The highest BCUT2D eigenvalue weighted by molar-refractivity contribution is 5.95. The Labute approximate surface area is 304 Å². The standard InChI is InChI=1S/C37H55N5O10/c1-5-6-7-8-9-10-27(38)32(46)35(49)40-29(21-43)33(47)41-31(22(2)3)36(50)42(4)30(20-24-13-17-26(45)18-14-24)34(48)39-28(37(51)52)19-23-11-15-25(44)16-12-23/h11-18,22,27-32,43-46H,5-10,19-21,38H2,1-4H3,(H,39,48)(H,40,49)(H,41,47)(H,51,52)/t27-,28+,29+,30-,31+,32+/m1/s1. The predicted molar refractivity (Wildman–Crippen MR) is 193 cm³/mol. The van der Waals surface area contributed by atoms with Crippen LogP contribution < -0.4 is 21.7 Å². The second-order valence-electron chi connectivity index (χ2n) is 13.4. The molecular formula is C37H55N5O10. The molecule has 0 saturated heterocycles. The summed E-state index contributed by atoms with van der Waals surface area (Å²) in [6.45, 7) is 4.51. The maximum Gasteiger partial charge on any atom is 0.326 e. The van der Waals surface area contributed by atoms with E-state index in [1.165, 1.54) is 43.4 Å². The molecule has 2 aromatic carbocycles. The molecule has 0 fully saturated rings. The molecule has 2 aromatic rings. The highest BCUT2D eigenvalue weighted by Gasteiger charge is 2.37. The summed E-state index contributed by atoms with van der Waals surface area (Å²) in [5, 5.41) is 57.0. The van der Waals surface area contributed by atoms with Gasteiger partial charge in [-0.3, -0.25) is 19.2 Å². The second-order valence-corrected chi connectivity index (χ2v) is 13.4. The monoisotopic (exact) mass is 729 g/mol. The number of rotatable bonds is 22. The first-order valence-corrected chi connectivity index (χ1v) is 17.6. The number of carbonyl (C=O) groups excluding carboxylic acids is 4. The third kappa shape index (κ3) is 13.8. The number of aromatic hydroxyl groups is 2. The van der Waals surface area contributed by atoms with Crippen molar-refractivity contribution in [3.63, 3.8) is 0 Å². The van der Waals surface area contributed by atoms with Gasteiger partial charge in [-0.1, -0.05) is 77.1 Å². The average Bonchev–Trinajstić information content (AvgIpc) is 3.11. The third-order valence-corrected chi connectivity index (χ3v) is 8.84. The van der Waals surface area contributed by atoms with Crippen LogP contribution in [0.5, 0.6) is 11.5 Å². The highest BCUT2D eigenvalue weighted by Crippen LogP contribution is 2.17. The topological polar surface area (TPSA) is 252 Å². The molecule has 6 atom stereocenters. The molecule has 0 unspecified atom stereocenters. The molecule has 0 aliphatic heterocycles. The number of carbonyl (C=O) groups is 5. The van der Waals surface area contributed by atoms with Gasteiger partial charge in [-0.25, -0.2) is 4.79 Å². The van der Waals surface area contributed by atoms with E-state index in [9.17, 15) is 49.5 Å². The lowest BCUT2D eigenvalue weighted by Gasteiger charge is -2.33. The number of nitrogens with two attached hydrogens (primary N) is 1. The summed E-state index contributed by atoms with van der Waals surface area (Å²) in [4.78, 5) is 67.1. The van der Waals surface area contributed by atoms with Crippen molar-refractivity contribution in [2.45, 2.75) is 108 Å². The van der Waals surface area contributed by atoms with E-state index in [1.54, 1.807) is 26.0 Å². The van der Waals surface area contributed by atoms with Crippen LogP contribution in [0.3, 0.4) is 0 Å². The van der Waals surface area contributed by atoms with Crippen molar-refractivity contribution >= 4 is 29.6 Å². The van der Waals surface area contributed by atoms with Crippen LogP contribution >= 0.6 is 0 Å². The Kier molecular flexibility index (Phi) is 18.0. The summed E-state index contributed by atoms with van der Waals surface area (Å²) >= 11 is 0. The molecule has 0 aromatic heterocycles. The predicted octanol–water partition coefficient (Wildman–Crippen LogP) is 0.946. The summed E-state index contributed by atoms with van der Waals surface area (Å²) in [5.74, 6) is -5.33. The Bertz CT molecular complexity index is 1450. The van der Waals surface area contributed by atoms with Gasteiger partial charge in [-0.2, -0.15) is 0 Å². The molecule has 15 nitrogen and oxygen atoms in total. The number of phenolic OH excluding ortho intramolecular Hbond substituents is 2. The molecule has 0 spiro atoms. The molecule has 4 amide bonds. The number of aliphatic hydroxyl groups excluding tert-OH is 2. The SMILES string of the molecule is CCCCCCC[C@@H](N)[C@H](O)C(=O)N[C@@H](CO)C(=O)N[C@H](C(=O)N(C)[C@H](Cc1ccc(O)cc1)C(=O)N[C@@H](Cc1ccc(O)cc1)C(=O)O)C(C)C. The average molecular weight is 730 g/mol. The maximum atomic E-state index is 14.0. The molecule has 0 bridgehead atoms. The Morgan fingerprint density at radius 1 is 0.750 bits per heavy atom. The van der Waals surface area contributed by atoms with Gasteiger partial charge in [0.25, 0.3) is 5.91 Å². The van der Waals surface area contributed by atoms with Crippen molar-refractivity contribution in [1.29, 1.82) is 0 Å². The van der Waals surface area contributed by atoms with Crippen molar-refractivity contribution in [2.75, 3.05) is 13.7 Å². The Balaban J connectivity index is 2.24. The smallest absolute Gasteiger partial charge is 0.326 e. The lowest BCUT2D eigenvalue weighted by molar-refractivity contribution is -0.146. The van der Waals surface area contributed by atoms with Crippen molar-refractivity contribution in [3.05, 3.63) is 59.7 Å². The number of benzene rings is 2. The number of phenols is 2. The van der Waals surface area contributed by atoms with Crippen LogP contribution in [0, 0.1) is 5.92 Å². The van der Waals surface area contributed by atoms with Gasteiger partial charge in [0, 0.05) is 25.9 Å². The van der Waals surface area contributed by atoms with Gasteiger partial charge < -0.3 is 52.1 Å². The minimum Gasteiger partial charge on any atom is -0.508 e. The van der Waals surface area contributed by atoms with E-state index in [0.717, 1.165) is 30.6 Å². The van der Waals surface area contributed by atoms with Gasteiger partial charge in [-0.05, 0) is 47.7 Å². The number of unbranched alkanes of at least 4 members (excludes halogenated alkanes) is 4. The van der Waals surface area contributed by atoms with Gasteiger partial charge in [0.15, 0.2) is 0 Å². The minimum absolute atomic E-state index is 0.0152. The summed E-state index contributed by atoms with van der Waals surface area (Å²) in [7, 11) is 1.33. The first-order valence-electron chi connectivity index (χ1n) is 17.6. The van der Waals surface area contributed by atoms with E-state index in [1.807, 2.05) is 0 Å². The van der Waals surface area contributed by atoms with Crippen LogP contribution in [0.4, 0.5) is 0 Å². The van der Waals surface area contributed by atoms with E-state index < -0.39 is 78.4 Å². The van der Waals surface area contributed by atoms with Crippen LogP contribution in [-0.4, -0.2) is 110 Å². The fourth-order valence-electron chi connectivity index (χ4n) is 5.52. The summed E-state index contributed by atoms with van der Waals surface area (Å²) in [6, 6.07) is 5.31. The molecule has 2 rings (SSSR count). The zero-order valence-electron chi connectivity index (χ0n) is 30.3. The summed E-state index contributed by atoms with van der Waals surface area (Å²) in [6.07, 6.45) is 3.28. The maximum absolute atomic E-state index is 14.0. The Morgan fingerprint density at radius 3 is 1.77 bits per heavy atom. The number of nitrogens with one attached hydrogen (secondary N) is 3. The fraction of sp³-hybridized carbons (Fsp3) is 0.541. The fourth-order valence-corrected chi connectivity index (χ4v) is 5.52. The number of aliphatic hydroxyl groups is 2. The van der Waals surface area contributed by atoms with Crippen molar-refractivity contribution in [3.8, 4) is 11.5 Å². The number of carboxylic acids is 1. The number of carboxylic acid groups (broad SMARTS) is 1. The van der Waals surface area contributed by atoms with Crippen LogP contribution in [0.2, 0.25) is 0 Å². The number of hydrogen-bond acceptors (Lipinski definition) is 10. The summed E-state index contributed by atoms with van der Waals surface area (Å²) < 4.78 is 0. The number of likely N-dealkylation sites (N-methyl/N-ethyl adjacent to an activating group) is 1. The molecule has 0 radical (unpaired) electrons. The van der Waals surface area contributed by atoms with Gasteiger partial charge in [0.1, 0.15) is 41.8 Å². The molecule has 52 heavy (non-hydrogen) atoms. The molecule has 10 N–H and O–H groups in total. The first-order chi connectivity index (χ1) is 24.6. The molecule has 15 heteroatoms. The van der Waals surface area contributed by atoms with Gasteiger partial charge >= 0.3 is 5.97 Å². The lowest BCUT2D eigenvalue weighted by Crippen LogP contribution is -2.61. The van der Waals surface area contributed by atoms with Crippen molar-refractivity contribution < 1.29 is 49.5 Å². The highest BCUT2D eigenvalue weighted by atomic mass is 16.4. The number of hydrogen-bond donors (Lipinski definition) is 9. The zero-order chi connectivity index (χ0) is 39.0. The van der Waals surface area contributed by atoms with Gasteiger partial charge in [-0.15, -0.1) is 0 Å². The molecule has 0 saturated carbocycles.